The van der Waals surface area contributed by atoms with E-state index in [-0.39, 0.29) is 29.6 Å². The number of benzene rings is 1. The Morgan fingerprint density at radius 2 is 1.83 bits per heavy atom. The molecule has 0 spiro atoms. The molecule has 1 saturated heterocycles. The number of hydrogen-bond donors (Lipinski definition) is 2. The minimum Gasteiger partial charge on any atom is -0.344 e. The van der Waals surface area contributed by atoms with Gasteiger partial charge in [0.05, 0.1) is 5.51 Å². The first-order valence-electron chi connectivity index (χ1n) is 12.9. The molecule has 1 aliphatic carbocycles. The Labute approximate surface area is 211 Å². The van der Waals surface area contributed by atoms with Crippen molar-refractivity contribution < 1.29 is 14.4 Å². The molecular weight excluding hydrogens is 460 g/mol. The zero-order chi connectivity index (χ0) is 24.8. The molecule has 2 fully saturated rings. The standard InChI is InChI=1S/C27H36N4O3S/c1-3-18(2)24(32)29-23(20-13-8-5-9-14-20)27(34)31-16-10-15-21(31)25(33)30-26-22(28-17-35-26)19-11-6-4-7-12-19/h4,6-7,11-12,17-18,20-21,23H,3,5,8-10,13-16H2,1-2H3,(H,29,32)(H,30,33)/t18-,21+,23+/m1/s1. The van der Waals surface area contributed by atoms with Crippen LogP contribution in [0.2, 0.25) is 0 Å². The topological polar surface area (TPSA) is 91.4 Å². The average molecular weight is 497 g/mol. The molecule has 8 heteroatoms. The summed E-state index contributed by atoms with van der Waals surface area (Å²) in [6.45, 7) is 4.41. The van der Waals surface area contributed by atoms with Crippen LogP contribution < -0.4 is 10.6 Å². The lowest BCUT2D eigenvalue weighted by molar-refractivity contribution is -0.142. The Morgan fingerprint density at radius 3 is 2.54 bits per heavy atom. The molecule has 3 atom stereocenters. The van der Waals surface area contributed by atoms with E-state index < -0.39 is 12.1 Å². The van der Waals surface area contributed by atoms with Crippen LogP contribution in [-0.2, 0) is 14.4 Å². The summed E-state index contributed by atoms with van der Waals surface area (Å²) in [7, 11) is 0. The number of anilines is 1. The summed E-state index contributed by atoms with van der Waals surface area (Å²) in [6.07, 6.45) is 7.31. The maximum atomic E-state index is 13.8. The summed E-state index contributed by atoms with van der Waals surface area (Å²) in [5.41, 5.74) is 3.40. The summed E-state index contributed by atoms with van der Waals surface area (Å²) in [6, 6.07) is 8.65. The highest BCUT2D eigenvalue weighted by Gasteiger charge is 2.41. The van der Waals surface area contributed by atoms with Crippen LogP contribution in [0.4, 0.5) is 5.00 Å². The van der Waals surface area contributed by atoms with E-state index in [2.05, 4.69) is 15.6 Å². The number of hydrogen-bond acceptors (Lipinski definition) is 5. The van der Waals surface area contributed by atoms with Crippen molar-refractivity contribution in [2.24, 2.45) is 11.8 Å². The van der Waals surface area contributed by atoms with E-state index in [1.807, 2.05) is 44.2 Å². The molecule has 35 heavy (non-hydrogen) atoms. The Bertz CT molecular complexity index is 1020. The van der Waals surface area contributed by atoms with Crippen LogP contribution >= 0.6 is 11.3 Å². The van der Waals surface area contributed by atoms with Crippen LogP contribution in [0.15, 0.2) is 35.8 Å². The molecule has 188 valence electrons. The lowest BCUT2D eigenvalue weighted by Gasteiger charge is -2.35. The highest BCUT2D eigenvalue weighted by Crippen LogP contribution is 2.32. The summed E-state index contributed by atoms with van der Waals surface area (Å²) in [4.78, 5) is 46.1. The monoisotopic (exact) mass is 496 g/mol. The Kier molecular flexibility index (Phi) is 8.55. The summed E-state index contributed by atoms with van der Waals surface area (Å²) < 4.78 is 0. The van der Waals surface area contributed by atoms with Crippen LogP contribution in [0.25, 0.3) is 11.3 Å². The van der Waals surface area contributed by atoms with Gasteiger partial charge in [-0.2, -0.15) is 0 Å². The van der Waals surface area contributed by atoms with Gasteiger partial charge >= 0.3 is 0 Å². The second-order valence-corrected chi connectivity index (χ2v) is 10.6. The van der Waals surface area contributed by atoms with E-state index in [4.69, 9.17) is 0 Å². The van der Waals surface area contributed by atoms with Crippen LogP contribution in [0.3, 0.4) is 0 Å². The Balaban J connectivity index is 1.50. The van der Waals surface area contributed by atoms with Crippen molar-refractivity contribution in [3.05, 3.63) is 35.8 Å². The number of thiazole rings is 1. The summed E-state index contributed by atoms with van der Waals surface area (Å²) >= 11 is 1.38. The second kappa shape index (κ2) is 11.8. The van der Waals surface area contributed by atoms with Gasteiger partial charge in [0.25, 0.3) is 0 Å². The van der Waals surface area contributed by atoms with Crippen LogP contribution in [0, 0.1) is 11.8 Å². The molecular formula is C27H36N4O3S. The smallest absolute Gasteiger partial charge is 0.247 e. The Hall–Kier alpha value is -2.74. The predicted octanol–water partition coefficient (Wildman–Crippen LogP) is 4.85. The molecule has 1 saturated carbocycles. The lowest BCUT2D eigenvalue weighted by Crippen LogP contribution is -2.56. The van der Waals surface area contributed by atoms with E-state index in [0.717, 1.165) is 49.8 Å². The molecule has 1 aliphatic heterocycles. The van der Waals surface area contributed by atoms with Crippen molar-refractivity contribution in [1.29, 1.82) is 0 Å². The maximum Gasteiger partial charge on any atom is 0.247 e. The van der Waals surface area contributed by atoms with Gasteiger partial charge in [-0.05, 0) is 38.0 Å². The number of rotatable bonds is 8. The number of aromatic nitrogens is 1. The molecule has 0 unspecified atom stereocenters. The number of likely N-dealkylation sites (tertiary alicyclic amines) is 1. The third kappa shape index (κ3) is 5.92. The van der Waals surface area contributed by atoms with Gasteiger partial charge in [-0.15, -0.1) is 11.3 Å². The number of amides is 3. The van der Waals surface area contributed by atoms with Gasteiger partial charge in [0.15, 0.2) is 0 Å². The van der Waals surface area contributed by atoms with Gasteiger partial charge < -0.3 is 15.5 Å². The van der Waals surface area contributed by atoms with Gasteiger partial charge in [0.1, 0.15) is 22.8 Å². The fourth-order valence-corrected chi connectivity index (χ4v) is 5.85. The van der Waals surface area contributed by atoms with Crippen LogP contribution in [0.1, 0.15) is 65.2 Å². The highest BCUT2D eigenvalue weighted by molar-refractivity contribution is 7.14. The second-order valence-electron chi connectivity index (χ2n) is 9.77. The van der Waals surface area contributed by atoms with Gasteiger partial charge in [-0.3, -0.25) is 14.4 Å². The number of nitrogens with one attached hydrogen (secondary N) is 2. The van der Waals surface area contributed by atoms with Crippen LogP contribution in [-0.4, -0.2) is 46.2 Å². The molecule has 2 aliphatic rings. The van der Waals surface area contributed by atoms with Crippen molar-refractivity contribution >= 4 is 34.1 Å². The van der Waals surface area contributed by atoms with E-state index in [1.165, 1.54) is 17.8 Å². The van der Waals surface area contributed by atoms with Gasteiger partial charge in [-0.25, -0.2) is 4.98 Å². The van der Waals surface area contributed by atoms with Crippen LogP contribution in [0.5, 0.6) is 0 Å². The molecule has 2 heterocycles. The van der Waals surface area contributed by atoms with Crippen molar-refractivity contribution in [2.45, 2.75) is 77.3 Å². The molecule has 2 aromatic rings. The van der Waals surface area contributed by atoms with Crippen molar-refractivity contribution in [3.63, 3.8) is 0 Å². The van der Waals surface area contributed by atoms with Gasteiger partial charge in [-0.1, -0.05) is 63.4 Å². The first-order chi connectivity index (χ1) is 17.0. The normalized spacial score (nSPS) is 20.3. The molecule has 1 aromatic carbocycles. The summed E-state index contributed by atoms with van der Waals surface area (Å²) in [5, 5.41) is 6.81. The zero-order valence-electron chi connectivity index (χ0n) is 20.7. The molecule has 3 amide bonds. The third-order valence-electron chi connectivity index (χ3n) is 7.43. The molecule has 2 N–H and O–H groups in total. The van der Waals surface area contributed by atoms with Crippen molar-refractivity contribution in [3.8, 4) is 11.3 Å². The lowest BCUT2D eigenvalue weighted by atomic mass is 9.83. The quantitative estimate of drug-likeness (QED) is 0.546. The largest absolute Gasteiger partial charge is 0.344 e. The number of carbonyl (C=O) groups excluding carboxylic acids is 3. The molecule has 1 aromatic heterocycles. The van der Waals surface area contributed by atoms with E-state index in [0.29, 0.717) is 18.0 Å². The molecule has 0 bridgehead atoms. The van der Waals surface area contributed by atoms with E-state index in [1.54, 1.807) is 10.4 Å². The summed E-state index contributed by atoms with van der Waals surface area (Å²) in [5.74, 6) is -0.394. The van der Waals surface area contributed by atoms with Gasteiger partial charge in [0.2, 0.25) is 17.7 Å². The minimum atomic E-state index is -0.562. The number of nitrogens with zero attached hydrogens (tertiary/aromatic N) is 2. The van der Waals surface area contributed by atoms with Crippen molar-refractivity contribution in [2.75, 3.05) is 11.9 Å². The van der Waals surface area contributed by atoms with E-state index >= 15 is 0 Å². The number of carbonyl (C=O) groups is 3. The Morgan fingerprint density at radius 1 is 1.09 bits per heavy atom. The molecule has 7 nitrogen and oxygen atoms in total. The first-order valence-corrected chi connectivity index (χ1v) is 13.8. The van der Waals surface area contributed by atoms with E-state index in [9.17, 15) is 14.4 Å². The maximum absolute atomic E-state index is 13.8. The average Bonchev–Trinajstić information content (AvgIpc) is 3.57. The minimum absolute atomic E-state index is 0.0752. The SMILES string of the molecule is CC[C@@H](C)C(=O)N[C@H](C(=O)N1CCC[C@H]1C(=O)Nc1scnc1-c1ccccc1)C1CCCCC1. The fourth-order valence-electron chi connectivity index (χ4n) is 5.14. The van der Waals surface area contributed by atoms with Crippen molar-refractivity contribution in [1.82, 2.24) is 15.2 Å². The molecule has 4 rings (SSSR count). The highest BCUT2D eigenvalue weighted by atomic mass is 32.1. The van der Waals surface area contributed by atoms with Gasteiger partial charge in [0, 0.05) is 18.0 Å². The third-order valence-corrected chi connectivity index (χ3v) is 8.18. The zero-order valence-corrected chi connectivity index (χ0v) is 21.5. The molecule has 0 radical (unpaired) electrons. The predicted molar refractivity (Wildman–Crippen MR) is 139 cm³/mol. The first kappa shape index (κ1) is 25.4. The fraction of sp³-hybridized carbons (Fsp3) is 0.556.